The van der Waals surface area contributed by atoms with Gasteiger partial charge in [-0.25, -0.2) is 0 Å². The summed E-state index contributed by atoms with van der Waals surface area (Å²) in [5.41, 5.74) is 0.896. The number of hydrogen-bond donors (Lipinski definition) is 2. The van der Waals surface area contributed by atoms with Crippen molar-refractivity contribution in [2.45, 2.75) is 18.9 Å². The third-order valence-corrected chi connectivity index (χ3v) is 3.60. The fraction of sp³-hybridized carbons (Fsp3) is 0.533. The minimum atomic E-state index is -0.511. The average Bonchev–Trinajstić information content (AvgIpc) is 2.48. The van der Waals surface area contributed by atoms with Crippen LogP contribution in [0.15, 0.2) is 30.3 Å². The smallest absolute Gasteiger partial charge is 0.253 e. The van der Waals surface area contributed by atoms with Crippen LogP contribution in [0.25, 0.3) is 0 Å². The Hall–Kier alpha value is -1.39. The van der Waals surface area contributed by atoms with Gasteiger partial charge in [-0.05, 0) is 37.4 Å². The van der Waals surface area contributed by atoms with Crippen LogP contribution in [-0.2, 0) is 9.53 Å². The molecule has 1 aliphatic rings. The third-order valence-electron chi connectivity index (χ3n) is 3.60. The Morgan fingerprint density at radius 3 is 2.68 bits per heavy atom. The molecule has 0 saturated carbocycles. The first kappa shape index (κ1) is 14.0. The molecule has 1 fully saturated rings. The van der Waals surface area contributed by atoms with Crippen LogP contribution in [0.2, 0.25) is 0 Å². The molecule has 4 heteroatoms. The van der Waals surface area contributed by atoms with Crippen LogP contribution >= 0.6 is 0 Å². The summed E-state index contributed by atoms with van der Waals surface area (Å²) in [7, 11) is 1.57. The number of amides is 1. The lowest BCUT2D eigenvalue weighted by atomic mass is 9.98. The lowest BCUT2D eigenvalue weighted by Crippen LogP contribution is -2.38. The van der Waals surface area contributed by atoms with E-state index in [0.29, 0.717) is 5.92 Å². The molecule has 2 N–H and O–H groups in total. The van der Waals surface area contributed by atoms with Gasteiger partial charge in [-0.3, -0.25) is 4.79 Å². The van der Waals surface area contributed by atoms with Gasteiger partial charge in [0, 0.05) is 13.7 Å². The molecular weight excluding hydrogens is 240 g/mol. The third kappa shape index (κ3) is 4.04. The Kier molecular flexibility index (Phi) is 5.36. The maximum absolute atomic E-state index is 12.2. The zero-order valence-corrected chi connectivity index (χ0v) is 11.4. The standard InChI is InChI=1S/C15H22N2O2/c1-19-14(13-5-3-2-4-6-13)15(18)17-11-12-7-9-16-10-8-12/h2-6,12,14,16H,7-11H2,1H3,(H,17,18). The van der Waals surface area contributed by atoms with Gasteiger partial charge in [0.05, 0.1) is 0 Å². The van der Waals surface area contributed by atoms with E-state index >= 15 is 0 Å². The Labute approximate surface area is 114 Å². The van der Waals surface area contributed by atoms with Crippen molar-refractivity contribution in [2.24, 2.45) is 5.92 Å². The lowest BCUT2D eigenvalue weighted by molar-refractivity contribution is -0.131. The molecule has 1 aliphatic heterocycles. The Balaban J connectivity index is 1.86. The zero-order valence-electron chi connectivity index (χ0n) is 11.4. The molecule has 1 unspecified atom stereocenters. The lowest BCUT2D eigenvalue weighted by Gasteiger charge is -2.24. The van der Waals surface area contributed by atoms with E-state index in [9.17, 15) is 4.79 Å². The van der Waals surface area contributed by atoms with E-state index in [-0.39, 0.29) is 5.91 Å². The summed E-state index contributed by atoms with van der Waals surface area (Å²) in [6, 6.07) is 9.60. The number of carbonyl (C=O) groups excluding carboxylic acids is 1. The molecule has 1 aromatic carbocycles. The maximum Gasteiger partial charge on any atom is 0.253 e. The van der Waals surface area contributed by atoms with Gasteiger partial charge in [0.2, 0.25) is 0 Å². The summed E-state index contributed by atoms with van der Waals surface area (Å²) in [6.07, 6.45) is 1.75. The van der Waals surface area contributed by atoms with Gasteiger partial charge in [0.1, 0.15) is 0 Å². The van der Waals surface area contributed by atoms with Crippen molar-refractivity contribution in [2.75, 3.05) is 26.7 Å². The van der Waals surface area contributed by atoms with E-state index in [2.05, 4.69) is 10.6 Å². The molecule has 1 saturated heterocycles. The van der Waals surface area contributed by atoms with Gasteiger partial charge >= 0.3 is 0 Å². The molecule has 104 valence electrons. The summed E-state index contributed by atoms with van der Waals surface area (Å²) >= 11 is 0. The number of carbonyl (C=O) groups is 1. The molecule has 4 nitrogen and oxygen atoms in total. The molecule has 0 bridgehead atoms. The van der Waals surface area contributed by atoms with Crippen LogP contribution in [0.5, 0.6) is 0 Å². The predicted octanol–water partition coefficient (Wildman–Crippen LogP) is 1.49. The fourth-order valence-electron chi connectivity index (χ4n) is 2.45. The van der Waals surface area contributed by atoms with Crippen molar-refractivity contribution in [3.8, 4) is 0 Å². The largest absolute Gasteiger partial charge is 0.367 e. The second kappa shape index (κ2) is 7.26. The molecular formula is C15H22N2O2. The molecule has 1 atom stereocenters. The van der Waals surface area contributed by atoms with Crippen molar-refractivity contribution < 1.29 is 9.53 Å². The number of piperidine rings is 1. The average molecular weight is 262 g/mol. The number of rotatable bonds is 5. The van der Waals surface area contributed by atoms with E-state index in [1.54, 1.807) is 7.11 Å². The minimum Gasteiger partial charge on any atom is -0.367 e. The molecule has 0 aromatic heterocycles. The number of benzene rings is 1. The van der Waals surface area contributed by atoms with Gasteiger partial charge in [-0.1, -0.05) is 30.3 Å². The van der Waals surface area contributed by atoms with Crippen molar-refractivity contribution in [3.05, 3.63) is 35.9 Å². The first-order valence-corrected chi connectivity index (χ1v) is 6.87. The molecule has 1 amide bonds. The Bertz CT molecular complexity index is 388. The number of nitrogens with one attached hydrogen (secondary N) is 2. The van der Waals surface area contributed by atoms with Crippen LogP contribution in [-0.4, -0.2) is 32.7 Å². The highest BCUT2D eigenvalue weighted by molar-refractivity contribution is 5.82. The van der Waals surface area contributed by atoms with Crippen LogP contribution in [0, 0.1) is 5.92 Å². The molecule has 19 heavy (non-hydrogen) atoms. The van der Waals surface area contributed by atoms with E-state index in [1.165, 1.54) is 0 Å². The molecule has 0 radical (unpaired) electrons. The first-order valence-electron chi connectivity index (χ1n) is 6.87. The highest BCUT2D eigenvalue weighted by Gasteiger charge is 2.21. The number of hydrogen-bond acceptors (Lipinski definition) is 3. The van der Waals surface area contributed by atoms with Crippen molar-refractivity contribution in [1.82, 2.24) is 10.6 Å². The summed E-state index contributed by atoms with van der Waals surface area (Å²) in [5, 5.41) is 6.33. The predicted molar refractivity (Wildman–Crippen MR) is 74.8 cm³/mol. The Morgan fingerprint density at radius 2 is 2.05 bits per heavy atom. The van der Waals surface area contributed by atoms with E-state index in [0.717, 1.165) is 38.0 Å². The number of methoxy groups -OCH3 is 1. The highest BCUT2D eigenvalue weighted by Crippen LogP contribution is 2.17. The second-order valence-corrected chi connectivity index (χ2v) is 4.96. The second-order valence-electron chi connectivity index (χ2n) is 4.96. The van der Waals surface area contributed by atoms with E-state index < -0.39 is 6.10 Å². The monoisotopic (exact) mass is 262 g/mol. The van der Waals surface area contributed by atoms with Gasteiger partial charge in [-0.2, -0.15) is 0 Å². The van der Waals surface area contributed by atoms with E-state index in [1.807, 2.05) is 30.3 Å². The van der Waals surface area contributed by atoms with Crippen molar-refractivity contribution >= 4 is 5.91 Å². The number of ether oxygens (including phenoxy) is 1. The van der Waals surface area contributed by atoms with Crippen LogP contribution < -0.4 is 10.6 Å². The van der Waals surface area contributed by atoms with E-state index in [4.69, 9.17) is 4.74 Å². The first-order chi connectivity index (χ1) is 9.31. The fourth-order valence-corrected chi connectivity index (χ4v) is 2.45. The molecule has 0 aliphatic carbocycles. The normalized spacial score (nSPS) is 17.9. The minimum absolute atomic E-state index is 0.0489. The quantitative estimate of drug-likeness (QED) is 0.845. The van der Waals surface area contributed by atoms with Crippen LogP contribution in [0.3, 0.4) is 0 Å². The van der Waals surface area contributed by atoms with Gasteiger partial charge in [0.15, 0.2) is 6.10 Å². The van der Waals surface area contributed by atoms with Crippen LogP contribution in [0.1, 0.15) is 24.5 Å². The highest BCUT2D eigenvalue weighted by atomic mass is 16.5. The SMILES string of the molecule is COC(C(=O)NCC1CCNCC1)c1ccccc1. The van der Waals surface area contributed by atoms with Gasteiger partial charge in [0.25, 0.3) is 5.91 Å². The molecule has 1 aromatic rings. The molecule has 1 heterocycles. The topological polar surface area (TPSA) is 50.4 Å². The molecule has 2 rings (SSSR count). The van der Waals surface area contributed by atoms with Crippen molar-refractivity contribution in [1.29, 1.82) is 0 Å². The van der Waals surface area contributed by atoms with Crippen molar-refractivity contribution in [3.63, 3.8) is 0 Å². The van der Waals surface area contributed by atoms with Crippen LogP contribution in [0.4, 0.5) is 0 Å². The summed E-state index contributed by atoms with van der Waals surface area (Å²) in [4.78, 5) is 12.2. The summed E-state index contributed by atoms with van der Waals surface area (Å²) in [5.74, 6) is 0.533. The maximum atomic E-state index is 12.2. The summed E-state index contributed by atoms with van der Waals surface area (Å²) in [6.45, 7) is 2.84. The van der Waals surface area contributed by atoms with Gasteiger partial charge < -0.3 is 15.4 Å². The Morgan fingerprint density at radius 1 is 1.37 bits per heavy atom. The molecule has 0 spiro atoms. The zero-order chi connectivity index (χ0) is 13.5. The summed E-state index contributed by atoms with van der Waals surface area (Å²) < 4.78 is 5.31. The van der Waals surface area contributed by atoms with Gasteiger partial charge in [-0.15, -0.1) is 0 Å².